The van der Waals surface area contributed by atoms with E-state index in [0.29, 0.717) is 37.6 Å². The summed E-state index contributed by atoms with van der Waals surface area (Å²) in [4.78, 5) is 27.0. The lowest BCUT2D eigenvalue weighted by Gasteiger charge is -2.26. The van der Waals surface area contributed by atoms with Crippen molar-refractivity contribution in [1.29, 1.82) is 0 Å². The normalized spacial score (nSPS) is 14.8. The Morgan fingerprint density at radius 1 is 1.12 bits per heavy atom. The Balaban J connectivity index is 1.57. The van der Waals surface area contributed by atoms with Gasteiger partial charge >= 0.3 is 0 Å². The SMILES string of the molecule is O=C(/C=C/c1cccs1)Nc1ccc(C(=O)N2CCOCC2)cc1. The van der Waals surface area contributed by atoms with Gasteiger partial charge in [-0.15, -0.1) is 11.3 Å². The molecule has 1 N–H and O–H groups in total. The van der Waals surface area contributed by atoms with Crippen LogP contribution in [0.3, 0.4) is 0 Å². The molecule has 3 rings (SSSR count). The zero-order chi connectivity index (χ0) is 16.8. The Hall–Kier alpha value is -2.44. The molecule has 1 saturated heterocycles. The molecule has 0 radical (unpaired) electrons. The summed E-state index contributed by atoms with van der Waals surface area (Å²) in [5.74, 6) is -0.204. The van der Waals surface area contributed by atoms with Crippen molar-refractivity contribution < 1.29 is 14.3 Å². The summed E-state index contributed by atoms with van der Waals surface area (Å²) >= 11 is 1.57. The number of morpholine rings is 1. The summed E-state index contributed by atoms with van der Waals surface area (Å²) in [7, 11) is 0. The summed E-state index contributed by atoms with van der Waals surface area (Å²) in [5, 5.41) is 4.74. The summed E-state index contributed by atoms with van der Waals surface area (Å²) in [6.07, 6.45) is 3.27. The van der Waals surface area contributed by atoms with E-state index in [2.05, 4.69) is 5.32 Å². The fraction of sp³-hybridized carbons (Fsp3) is 0.222. The van der Waals surface area contributed by atoms with Gasteiger partial charge in [-0.3, -0.25) is 9.59 Å². The van der Waals surface area contributed by atoms with Crippen molar-refractivity contribution in [3.05, 3.63) is 58.3 Å². The smallest absolute Gasteiger partial charge is 0.254 e. The third kappa shape index (κ3) is 4.31. The number of benzene rings is 1. The number of anilines is 1. The molecular weight excluding hydrogens is 324 g/mol. The maximum absolute atomic E-state index is 12.3. The first-order valence-electron chi connectivity index (χ1n) is 7.72. The van der Waals surface area contributed by atoms with Gasteiger partial charge in [-0.1, -0.05) is 6.07 Å². The van der Waals surface area contributed by atoms with Gasteiger partial charge in [0.15, 0.2) is 0 Å². The quantitative estimate of drug-likeness (QED) is 0.869. The van der Waals surface area contributed by atoms with E-state index >= 15 is 0 Å². The summed E-state index contributed by atoms with van der Waals surface area (Å²) < 4.78 is 5.25. The zero-order valence-corrected chi connectivity index (χ0v) is 13.9. The second-order valence-corrected chi connectivity index (χ2v) is 6.30. The fourth-order valence-corrected chi connectivity index (χ4v) is 2.99. The maximum Gasteiger partial charge on any atom is 0.254 e. The molecule has 6 heteroatoms. The van der Waals surface area contributed by atoms with E-state index in [0.717, 1.165) is 4.88 Å². The van der Waals surface area contributed by atoms with E-state index in [1.807, 2.05) is 17.5 Å². The molecule has 0 spiro atoms. The van der Waals surface area contributed by atoms with Crippen LogP contribution in [0, 0.1) is 0 Å². The van der Waals surface area contributed by atoms with Crippen molar-refractivity contribution in [2.75, 3.05) is 31.6 Å². The number of amides is 2. The molecule has 1 aliphatic heterocycles. The van der Waals surface area contributed by atoms with Gasteiger partial charge in [-0.2, -0.15) is 0 Å². The van der Waals surface area contributed by atoms with Crippen LogP contribution < -0.4 is 5.32 Å². The Morgan fingerprint density at radius 3 is 2.54 bits per heavy atom. The van der Waals surface area contributed by atoms with Gasteiger partial charge in [-0.25, -0.2) is 0 Å². The number of thiophene rings is 1. The lowest BCUT2D eigenvalue weighted by molar-refractivity contribution is -0.111. The number of nitrogens with zero attached hydrogens (tertiary/aromatic N) is 1. The number of nitrogens with one attached hydrogen (secondary N) is 1. The molecule has 2 aromatic rings. The van der Waals surface area contributed by atoms with Crippen molar-refractivity contribution in [3.8, 4) is 0 Å². The van der Waals surface area contributed by atoms with Gasteiger partial charge < -0.3 is 15.0 Å². The predicted molar refractivity (Wildman–Crippen MR) is 95.1 cm³/mol. The molecule has 0 bridgehead atoms. The molecule has 24 heavy (non-hydrogen) atoms. The van der Waals surface area contributed by atoms with Gasteiger partial charge in [0.25, 0.3) is 5.91 Å². The van der Waals surface area contributed by atoms with Crippen molar-refractivity contribution in [1.82, 2.24) is 4.90 Å². The number of hydrogen-bond donors (Lipinski definition) is 1. The Kier molecular flexibility index (Phi) is 5.40. The van der Waals surface area contributed by atoms with Crippen LogP contribution in [0.5, 0.6) is 0 Å². The minimum absolute atomic E-state index is 0.00577. The van der Waals surface area contributed by atoms with Crippen LogP contribution in [-0.4, -0.2) is 43.0 Å². The topological polar surface area (TPSA) is 58.6 Å². The summed E-state index contributed by atoms with van der Waals surface area (Å²) in [6.45, 7) is 2.39. The van der Waals surface area contributed by atoms with E-state index in [1.165, 1.54) is 6.08 Å². The first kappa shape index (κ1) is 16.4. The second-order valence-electron chi connectivity index (χ2n) is 5.32. The van der Waals surface area contributed by atoms with E-state index in [9.17, 15) is 9.59 Å². The van der Waals surface area contributed by atoms with E-state index < -0.39 is 0 Å². The van der Waals surface area contributed by atoms with Crippen LogP contribution in [0.4, 0.5) is 5.69 Å². The lowest BCUT2D eigenvalue weighted by Crippen LogP contribution is -2.40. The van der Waals surface area contributed by atoms with Crippen LogP contribution in [0.2, 0.25) is 0 Å². The number of carbonyl (C=O) groups excluding carboxylic acids is 2. The van der Waals surface area contributed by atoms with Crippen LogP contribution in [0.1, 0.15) is 15.2 Å². The van der Waals surface area contributed by atoms with Crippen molar-refractivity contribution >= 4 is 34.9 Å². The Labute approximate surface area is 144 Å². The van der Waals surface area contributed by atoms with E-state index in [-0.39, 0.29) is 11.8 Å². The Bertz CT molecular complexity index is 717. The molecule has 2 heterocycles. The molecule has 0 aliphatic carbocycles. The zero-order valence-electron chi connectivity index (χ0n) is 13.1. The predicted octanol–water partition coefficient (Wildman–Crippen LogP) is 2.87. The summed E-state index contributed by atoms with van der Waals surface area (Å²) in [6, 6.07) is 10.8. The molecule has 0 saturated carbocycles. The highest BCUT2D eigenvalue weighted by atomic mass is 32.1. The van der Waals surface area contributed by atoms with Gasteiger partial charge in [0.05, 0.1) is 13.2 Å². The lowest BCUT2D eigenvalue weighted by atomic mass is 10.1. The molecule has 0 atom stereocenters. The number of carbonyl (C=O) groups is 2. The monoisotopic (exact) mass is 342 g/mol. The molecule has 1 aliphatic rings. The van der Waals surface area contributed by atoms with Gasteiger partial charge in [0.1, 0.15) is 0 Å². The van der Waals surface area contributed by atoms with Crippen LogP contribution in [0.25, 0.3) is 6.08 Å². The standard InChI is InChI=1S/C18H18N2O3S/c21-17(8-7-16-2-1-13-24-16)19-15-5-3-14(4-6-15)18(22)20-9-11-23-12-10-20/h1-8,13H,9-12H2,(H,19,21)/b8-7+. The van der Waals surface area contributed by atoms with Crippen LogP contribution in [0.15, 0.2) is 47.9 Å². The average molecular weight is 342 g/mol. The van der Waals surface area contributed by atoms with E-state index in [4.69, 9.17) is 4.74 Å². The molecule has 2 amide bonds. The molecule has 1 aromatic heterocycles. The van der Waals surface area contributed by atoms with Crippen molar-refractivity contribution in [2.24, 2.45) is 0 Å². The minimum atomic E-state index is -0.198. The average Bonchev–Trinajstić information content (AvgIpc) is 3.14. The van der Waals surface area contributed by atoms with Gasteiger partial charge in [0, 0.05) is 35.3 Å². The highest BCUT2D eigenvalue weighted by molar-refractivity contribution is 7.10. The number of ether oxygens (including phenoxy) is 1. The molecule has 0 unspecified atom stereocenters. The first-order valence-corrected chi connectivity index (χ1v) is 8.60. The molecular formula is C18H18N2O3S. The van der Waals surface area contributed by atoms with Gasteiger partial charge in [0.2, 0.25) is 5.91 Å². The van der Waals surface area contributed by atoms with Gasteiger partial charge in [-0.05, 0) is 41.8 Å². The Morgan fingerprint density at radius 2 is 1.88 bits per heavy atom. The molecule has 5 nitrogen and oxygen atoms in total. The highest BCUT2D eigenvalue weighted by Gasteiger charge is 2.18. The molecule has 1 aromatic carbocycles. The molecule has 1 fully saturated rings. The summed E-state index contributed by atoms with van der Waals surface area (Å²) in [5.41, 5.74) is 1.28. The largest absolute Gasteiger partial charge is 0.378 e. The maximum atomic E-state index is 12.3. The highest BCUT2D eigenvalue weighted by Crippen LogP contribution is 2.14. The third-order valence-corrected chi connectivity index (χ3v) is 4.48. The van der Waals surface area contributed by atoms with Crippen LogP contribution in [-0.2, 0) is 9.53 Å². The molecule has 124 valence electrons. The van der Waals surface area contributed by atoms with E-state index in [1.54, 1.807) is 46.6 Å². The third-order valence-electron chi connectivity index (χ3n) is 3.64. The van der Waals surface area contributed by atoms with Crippen molar-refractivity contribution in [2.45, 2.75) is 0 Å². The first-order chi connectivity index (χ1) is 11.7. The van der Waals surface area contributed by atoms with Crippen molar-refractivity contribution in [3.63, 3.8) is 0 Å². The second kappa shape index (κ2) is 7.90. The number of rotatable bonds is 4. The fourth-order valence-electron chi connectivity index (χ4n) is 2.37. The van der Waals surface area contributed by atoms with Crippen LogP contribution >= 0.6 is 11.3 Å². The number of hydrogen-bond acceptors (Lipinski definition) is 4. The minimum Gasteiger partial charge on any atom is -0.378 e.